The van der Waals surface area contributed by atoms with Gasteiger partial charge < -0.3 is 10.6 Å². The summed E-state index contributed by atoms with van der Waals surface area (Å²) >= 11 is 0. The number of hydrogen-bond donors (Lipinski definition) is 2. The van der Waals surface area contributed by atoms with Gasteiger partial charge in [0, 0.05) is 24.2 Å². The molecule has 110 valence electrons. The van der Waals surface area contributed by atoms with Crippen LogP contribution < -0.4 is 10.6 Å². The maximum Gasteiger partial charge on any atom is 0.137 e. The smallest absolute Gasteiger partial charge is 0.137 e. The number of nitrogens with zero attached hydrogens (tertiary/aromatic N) is 2. The van der Waals surface area contributed by atoms with Crippen LogP contribution >= 0.6 is 0 Å². The molecule has 3 aromatic rings. The third-order valence-electron chi connectivity index (χ3n) is 4.31. The SMILES string of the molecule is CNc1ccc2c(c1)CC(Nc1ncnc3ccccc13)C2. The topological polar surface area (TPSA) is 49.8 Å². The van der Waals surface area contributed by atoms with E-state index in [1.165, 1.54) is 16.8 Å². The van der Waals surface area contributed by atoms with Gasteiger partial charge in [-0.3, -0.25) is 0 Å². The molecule has 2 N–H and O–H groups in total. The van der Waals surface area contributed by atoms with Gasteiger partial charge in [-0.05, 0) is 48.2 Å². The average Bonchev–Trinajstić information content (AvgIpc) is 2.96. The molecule has 0 spiro atoms. The van der Waals surface area contributed by atoms with Gasteiger partial charge in [0.05, 0.1) is 5.52 Å². The summed E-state index contributed by atoms with van der Waals surface area (Å²) in [4.78, 5) is 8.75. The lowest BCUT2D eigenvalue weighted by Gasteiger charge is -2.14. The third kappa shape index (κ3) is 2.26. The van der Waals surface area contributed by atoms with E-state index < -0.39 is 0 Å². The molecule has 0 saturated heterocycles. The molecular weight excluding hydrogens is 272 g/mol. The van der Waals surface area contributed by atoms with Gasteiger partial charge in [-0.15, -0.1) is 0 Å². The van der Waals surface area contributed by atoms with Crippen molar-refractivity contribution in [2.45, 2.75) is 18.9 Å². The van der Waals surface area contributed by atoms with E-state index in [1.54, 1.807) is 6.33 Å². The first kappa shape index (κ1) is 13.1. The lowest BCUT2D eigenvalue weighted by Crippen LogP contribution is -2.20. The zero-order valence-corrected chi connectivity index (χ0v) is 12.5. The van der Waals surface area contributed by atoms with Gasteiger partial charge in [0.15, 0.2) is 0 Å². The molecule has 0 fully saturated rings. The molecule has 22 heavy (non-hydrogen) atoms. The van der Waals surface area contributed by atoms with Gasteiger partial charge in [-0.25, -0.2) is 9.97 Å². The molecule has 1 unspecified atom stereocenters. The Kier molecular flexibility index (Phi) is 3.15. The van der Waals surface area contributed by atoms with Gasteiger partial charge >= 0.3 is 0 Å². The monoisotopic (exact) mass is 290 g/mol. The fraction of sp³-hybridized carbons (Fsp3) is 0.222. The number of fused-ring (bicyclic) bond motifs is 2. The molecule has 0 radical (unpaired) electrons. The molecule has 0 aliphatic heterocycles. The Morgan fingerprint density at radius 3 is 2.77 bits per heavy atom. The molecule has 0 saturated carbocycles. The zero-order valence-electron chi connectivity index (χ0n) is 12.5. The number of benzene rings is 2. The van der Waals surface area contributed by atoms with Crippen molar-refractivity contribution in [1.29, 1.82) is 0 Å². The van der Waals surface area contributed by atoms with Crippen molar-refractivity contribution in [1.82, 2.24) is 9.97 Å². The molecule has 1 atom stereocenters. The van der Waals surface area contributed by atoms with Crippen molar-refractivity contribution in [2.24, 2.45) is 0 Å². The van der Waals surface area contributed by atoms with E-state index in [4.69, 9.17) is 0 Å². The van der Waals surface area contributed by atoms with Crippen molar-refractivity contribution < 1.29 is 0 Å². The summed E-state index contributed by atoms with van der Waals surface area (Å²) in [6.45, 7) is 0. The number of hydrogen-bond acceptors (Lipinski definition) is 4. The summed E-state index contributed by atoms with van der Waals surface area (Å²) in [7, 11) is 1.96. The molecule has 0 bridgehead atoms. The van der Waals surface area contributed by atoms with E-state index in [2.05, 4.69) is 44.9 Å². The molecular formula is C18H18N4. The molecule has 4 nitrogen and oxygen atoms in total. The maximum absolute atomic E-state index is 4.43. The Morgan fingerprint density at radius 2 is 1.86 bits per heavy atom. The fourth-order valence-electron chi connectivity index (χ4n) is 3.19. The first-order valence-corrected chi connectivity index (χ1v) is 7.59. The Hall–Kier alpha value is -2.62. The highest BCUT2D eigenvalue weighted by Gasteiger charge is 2.22. The largest absolute Gasteiger partial charge is 0.388 e. The molecule has 0 amide bonds. The van der Waals surface area contributed by atoms with Crippen LogP contribution in [0.4, 0.5) is 11.5 Å². The van der Waals surface area contributed by atoms with E-state index in [0.717, 1.165) is 29.6 Å². The average molecular weight is 290 g/mol. The Labute approximate surface area is 129 Å². The predicted molar refractivity (Wildman–Crippen MR) is 90.3 cm³/mol. The van der Waals surface area contributed by atoms with Crippen LogP contribution in [0.15, 0.2) is 48.8 Å². The van der Waals surface area contributed by atoms with E-state index in [-0.39, 0.29) is 0 Å². The molecule has 2 aromatic carbocycles. The Bertz CT molecular complexity index is 823. The maximum atomic E-state index is 4.43. The molecule has 1 heterocycles. The normalized spacial score (nSPS) is 16.5. The molecule has 1 aliphatic carbocycles. The van der Waals surface area contributed by atoms with Gasteiger partial charge in [0.2, 0.25) is 0 Å². The van der Waals surface area contributed by atoms with Crippen LogP contribution in [0.2, 0.25) is 0 Å². The zero-order chi connectivity index (χ0) is 14.9. The minimum Gasteiger partial charge on any atom is -0.388 e. The predicted octanol–water partition coefficient (Wildman–Crippen LogP) is 3.25. The van der Waals surface area contributed by atoms with Crippen molar-refractivity contribution in [3.63, 3.8) is 0 Å². The molecule has 1 aromatic heterocycles. The first-order chi connectivity index (χ1) is 10.8. The lowest BCUT2D eigenvalue weighted by atomic mass is 10.1. The summed E-state index contributed by atoms with van der Waals surface area (Å²) in [5.41, 5.74) is 5.00. The summed E-state index contributed by atoms with van der Waals surface area (Å²) < 4.78 is 0. The van der Waals surface area contributed by atoms with E-state index in [9.17, 15) is 0 Å². The summed E-state index contributed by atoms with van der Waals surface area (Å²) in [5.74, 6) is 0.928. The standard InChI is InChI=1S/C18H18N4/c1-19-14-7-6-12-8-15(10-13(12)9-14)22-18-16-4-2-3-5-17(16)20-11-21-18/h2-7,9,11,15,19H,8,10H2,1H3,(H,20,21,22). The highest BCUT2D eigenvalue weighted by atomic mass is 15.0. The van der Waals surface area contributed by atoms with Gasteiger partial charge in [-0.2, -0.15) is 0 Å². The van der Waals surface area contributed by atoms with Crippen molar-refractivity contribution in [2.75, 3.05) is 17.7 Å². The Balaban J connectivity index is 1.60. The van der Waals surface area contributed by atoms with Crippen LogP contribution in [0, 0.1) is 0 Å². The minimum absolute atomic E-state index is 0.389. The highest BCUT2D eigenvalue weighted by Crippen LogP contribution is 2.28. The second-order valence-electron chi connectivity index (χ2n) is 5.72. The van der Waals surface area contributed by atoms with Crippen LogP contribution in [0.3, 0.4) is 0 Å². The van der Waals surface area contributed by atoms with Crippen LogP contribution in [0.25, 0.3) is 10.9 Å². The summed E-state index contributed by atoms with van der Waals surface area (Å²) in [6, 6.07) is 15.1. The van der Waals surface area contributed by atoms with Crippen LogP contribution in [0.5, 0.6) is 0 Å². The fourth-order valence-corrected chi connectivity index (χ4v) is 3.19. The van der Waals surface area contributed by atoms with Crippen LogP contribution in [-0.2, 0) is 12.8 Å². The van der Waals surface area contributed by atoms with Crippen molar-refractivity contribution >= 4 is 22.4 Å². The lowest BCUT2D eigenvalue weighted by molar-refractivity contribution is 0.770. The number of anilines is 2. The van der Waals surface area contributed by atoms with Gasteiger partial charge in [0.1, 0.15) is 12.1 Å². The minimum atomic E-state index is 0.389. The molecule has 4 rings (SSSR count). The first-order valence-electron chi connectivity index (χ1n) is 7.59. The number of rotatable bonds is 3. The number of para-hydroxylation sites is 1. The quantitative estimate of drug-likeness (QED) is 0.777. The van der Waals surface area contributed by atoms with Gasteiger partial charge in [0.25, 0.3) is 0 Å². The van der Waals surface area contributed by atoms with Crippen molar-refractivity contribution in [3.05, 3.63) is 59.9 Å². The Morgan fingerprint density at radius 1 is 1.00 bits per heavy atom. The van der Waals surface area contributed by atoms with E-state index >= 15 is 0 Å². The van der Waals surface area contributed by atoms with Crippen LogP contribution in [-0.4, -0.2) is 23.1 Å². The number of nitrogens with one attached hydrogen (secondary N) is 2. The van der Waals surface area contributed by atoms with Crippen LogP contribution in [0.1, 0.15) is 11.1 Å². The second kappa shape index (κ2) is 5.30. The highest BCUT2D eigenvalue weighted by molar-refractivity contribution is 5.88. The summed E-state index contributed by atoms with van der Waals surface area (Å²) in [5, 5.41) is 7.88. The molecule has 1 aliphatic rings. The van der Waals surface area contributed by atoms with E-state index in [1.807, 2.05) is 25.2 Å². The molecule has 4 heteroatoms. The number of aromatic nitrogens is 2. The summed E-state index contributed by atoms with van der Waals surface area (Å²) in [6.07, 6.45) is 3.70. The van der Waals surface area contributed by atoms with Crippen molar-refractivity contribution in [3.8, 4) is 0 Å². The van der Waals surface area contributed by atoms with E-state index in [0.29, 0.717) is 6.04 Å². The third-order valence-corrected chi connectivity index (χ3v) is 4.31. The van der Waals surface area contributed by atoms with Gasteiger partial charge in [-0.1, -0.05) is 18.2 Å². The second-order valence-corrected chi connectivity index (χ2v) is 5.72.